The third-order valence-electron chi connectivity index (χ3n) is 16.9. The predicted octanol–water partition coefficient (Wildman–Crippen LogP) is 14.1. The molecular weight excluding hydrogens is 977 g/mol. The molecule has 8 nitrogen and oxygen atoms in total. The monoisotopic (exact) mass is 1070 g/mol. The average molecular weight is 1070 g/mol. The highest BCUT2D eigenvalue weighted by atomic mass is 32.2. The van der Waals surface area contributed by atoms with E-state index in [-0.39, 0.29) is 69.5 Å². The van der Waals surface area contributed by atoms with Crippen LogP contribution in [-0.4, -0.2) is 53.3 Å². The molecular formula is C66H90N4O4S2. The van der Waals surface area contributed by atoms with Crippen LogP contribution in [0, 0.1) is 0 Å². The van der Waals surface area contributed by atoms with Gasteiger partial charge in [-0.15, -0.1) is 23.5 Å². The van der Waals surface area contributed by atoms with Crippen molar-refractivity contribution in [2.45, 2.75) is 230 Å². The number of thioether (sulfide) groups is 2. The van der Waals surface area contributed by atoms with Crippen LogP contribution in [-0.2, 0) is 25.2 Å². The molecule has 0 fully saturated rings. The lowest BCUT2D eigenvalue weighted by Gasteiger charge is -2.34. The minimum Gasteiger partial charge on any atom is -0.871 e. The van der Waals surface area contributed by atoms with Gasteiger partial charge in [0.25, 0.3) is 0 Å². The SMILES string of the molecule is CC(C)N1c2cc(NC(=O)CCCCCCCCCCSc3ccccc3)c(C3=C([O-])/C(=c4/cc5c(cc4NC(=O)CCCCCCCCCCSc4ccccc4)=[N+](C(C)C)C(C)C5(C)C)C3=O)cc2C(C)(C)C1C. The number of fused-ring (bicyclic) bond motifs is 2. The number of carbonyl (C=O) groups is 3. The fraction of sp³-hybridized carbons (Fsp3) is 0.545. The van der Waals surface area contributed by atoms with Crippen LogP contribution in [0.15, 0.2) is 100 Å². The first-order valence-corrected chi connectivity index (χ1v) is 31.1. The molecule has 0 saturated heterocycles. The summed E-state index contributed by atoms with van der Waals surface area (Å²) < 4.78 is 2.39. The number of unbranched alkanes of at least 4 members (excludes halogenated alkanes) is 14. The van der Waals surface area contributed by atoms with Crippen LogP contribution in [0.4, 0.5) is 17.1 Å². The predicted molar refractivity (Wildman–Crippen MR) is 321 cm³/mol. The summed E-state index contributed by atoms with van der Waals surface area (Å²) in [5.74, 6) is 1.38. The van der Waals surface area contributed by atoms with Crippen LogP contribution in [0.1, 0.15) is 202 Å². The van der Waals surface area contributed by atoms with Gasteiger partial charge in [0.15, 0.2) is 11.8 Å². The van der Waals surface area contributed by atoms with E-state index >= 15 is 0 Å². The second-order valence-corrected chi connectivity index (χ2v) is 25.9. The van der Waals surface area contributed by atoms with Crippen molar-refractivity contribution < 1.29 is 19.5 Å². The van der Waals surface area contributed by atoms with E-state index in [0.29, 0.717) is 35.0 Å². The first-order valence-electron chi connectivity index (χ1n) is 29.2. The van der Waals surface area contributed by atoms with Crippen molar-refractivity contribution >= 4 is 69.3 Å². The van der Waals surface area contributed by atoms with Crippen LogP contribution in [0.2, 0.25) is 0 Å². The van der Waals surface area contributed by atoms with Crippen molar-refractivity contribution in [3.05, 3.63) is 118 Å². The number of allylic oxidation sites excluding steroid dienone is 2. The van der Waals surface area contributed by atoms with E-state index in [1.807, 2.05) is 47.8 Å². The quantitative estimate of drug-likeness (QED) is 0.0317. The van der Waals surface area contributed by atoms with E-state index in [9.17, 15) is 19.5 Å². The zero-order valence-electron chi connectivity index (χ0n) is 47.9. The summed E-state index contributed by atoms with van der Waals surface area (Å²) >= 11 is 3.86. The lowest BCUT2D eigenvalue weighted by Crippen LogP contribution is -2.42. The first kappa shape index (κ1) is 58.9. The minimum absolute atomic E-state index is 0.0958. The lowest BCUT2D eigenvalue weighted by molar-refractivity contribution is -0.292. The molecule has 0 spiro atoms. The van der Waals surface area contributed by atoms with Crippen LogP contribution in [0.3, 0.4) is 0 Å². The molecule has 410 valence electrons. The average Bonchev–Trinajstić information content (AvgIpc) is 3.84. The Labute approximate surface area is 465 Å². The van der Waals surface area contributed by atoms with Gasteiger partial charge < -0.3 is 20.6 Å². The summed E-state index contributed by atoms with van der Waals surface area (Å²) in [6, 6.07) is 29.9. The lowest BCUT2D eigenvalue weighted by atomic mass is 9.76. The summed E-state index contributed by atoms with van der Waals surface area (Å²) in [6.07, 6.45) is 18.6. The molecule has 2 atom stereocenters. The zero-order chi connectivity index (χ0) is 54.6. The normalized spacial score (nSPS) is 18.1. The highest BCUT2D eigenvalue weighted by Gasteiger charge is 2.47. The Morgan fingerprint density at radius 1 is 0.605 bits per heavy atom. The number of anilines is 3. The zero-order valence-corrected chi connectivity index (χ0v) is 49.5. The molecule has 76 heavy (non-hydrogen) atoms. The van der Waals surface area contributed by atoms with E-state index in [1.165, 1.54) is 74.0 Å². The van der Waals surface area contributed by atoms with Gasteiger partial charge in [-0.1, -0.05) is 133 Å². The minimum atomic E-state index is -0.352. The van der Waals surface area contributed by atoms with Crippen LogP contribution in [0.5, 0.6) is 0 Å². The number of ketones is 1. The van der Waals surface area contributed by atoms with Crippen molar-refractivity contribution in [3.8, 4) is 0 Å². The van der Waals surface area contributed by atoms with E-state index in [4.69, 9.17) is 0 Å². The number of carbonyl (C=O) groups excluding carboxylic acids is 3. The maximum absolute atomic E-state index is 15.0. The second-order valence-electron chi connectivity index (χ2n) is 23.6. The van der Waals surface area contributed by atoms with Gasteiger partial charge in [0, 0.05) is 79.4 Å². The van der Waals surface area contributed by atoms with Gasteiger partial charge in [0.05, 0.1) is 16.8 Å². The van der Waals surface area contributed by atoms with Gasteiger partial charge in [0.2, 0.25) is 17.2 Å². The molecule has 1 aliphatic carbocycles. The molecule has 0 radical (unpaired) electrons. The highest BCUT2D eigenvalue weighted by Crippen LogP contribution is 2.50. The summed E-state index contributed by atoms with van der Waals surface area (Å²) in [4.78, 5) is 47.8. The molecule has 4 aromatic carbocycles. The summed E-state index contributed by atoms with van der Waals surface area (Å²) in [6.45, 7) is 22.1. The number of amides is 2. The van der Waals surface area contributed by atoms with Gasteiger partial charge in [-0.25, -0.2) is 4.58 Å². The number of rotatable bonds is 29. The van der Waals surface area contributed by atoms with Crippen LogP contribution in [0.25, 0.3) is 11.1 Å². The van der Waals surface area contributed by atoms with Crippen LogP contribution >= 0.6 is 23.5 Å². The number of benzene rings is 4. The number of nitrogens with one attached hydrogen (secondary N) is 2. The Morgan fingerprint density at radius 3 is 1.55 bits per heavy atom. The Hall–Kier alpha value is -4.80. The van der Waals surface area contributed by atoms with Gasteiger partial charge in [-0.05, 0) is 141 Å². The van der Waals surface area contributed by atoms with Crippen molar-refractivity contribution in [2.24, 2.45) is 0 Å². The van der Waals surface area contributed by atoms with Gasteiger partial charge in [0.1, 0.15) is 6.04 Å². The molecule has 2 N–H and O–H groups in total. The van der Waals surface area contributed by atoms with E-state index in [1.54, 1.807) is 0 Å². The molecule has 7 rings (SSSR count). The molecule has 0 aromatic heterocycles. The Kier molecular flexibility index (Phi) is 21.1. The van der Waals surface area contributed by atoms with Gasteiger partial charge in [-0.3, -0.25) is 14.4 Å². The molecule has 4 aromatic rings. The van der Waals surface area contributed by atoms with Crippen molar-refractivity contribution in [3.63, 3.8) is 0 Å². The molecule has 2 amide bonds. The van der Waals surface area contributed by atoms with E-state index < -0.39 is 0 Å². The Bertz CT molecular complexity index is 2800. The third kappa shape index (κ3) is 14.1. The fourth-order valence-corrected chi connectivity index (χ4v) is 13.8. The Morgan fingerprint density at radius 2 is 1.08 bits per heavy atom. The first-order chi connectivity index (χ1) is 36.4. The second kappa shape index (κ2) is 27.2. The topological polar surface area (TPSA) is 105 Å². The molecule has 2 aliphatic heterocycles. The molecule has 2 heterocycles. The molecule has 2 unspecified atom stereocenters. The molecule has 3 aliphatic rings. The van der Waals surface area contributed by atoms with E-state index in [0.717, 1.165) is 72.2 Å². The van der Waals surface area contributed by atoms with Crippen molar-refractivity contribution in [1.82, 2.24) is 4.58 Å². The maximum Gasteiger partial charge on any atom is 0.224 e. The van der Waals surface area contributed by atoms with Crippen LogP contribution < -0.4 is 35.8 Å². The summed E-state index contributed by atoms with van der Waals surface area (Å²) in [5, 5.41) is 22.9. The summed E-state index contributed by atoms with van der Waals surface area (Å²) in [5.41, 5.74) is 4.24. The summed E-state index contributed by atoms with van der Waals surface area (Å²) in [7, 11) is 0. The molecule has 0 saturated carbocycles. The maximum atomic E-state index is 15.0. The number of Topliss-reactive ketones (excluding diaryl/α,β-unsaturated/α-hetero) is 1. The van der Waals surface area contributed by atoms with Gasteiger partial charge in [-0.2, -0.15) is 0 Å². The third-order valence-corrected chi connectivity index (χ3v) is 19.1. The van der Waals surface area contributed by atoms with E-state index in [2.05, 4.69) is 150 Å². The number of hydrogen-bond donors (Lipinski definition) is 2. The van der Waals surface area contributed by atoms with Crippen molar-refractivity contribution in [1.29, 1.82) is 0 Å². The van der Waals surface area contributed by atoms with Crippen molar-refractivity contribution in [2.75, 3.05) is 27.0 Å². The molecule has 10 heteroatoms. The fourth-order valence-electron chi connectivity index (χ4n) is 11.9. The Balaban J connectivity index is 1.05. The number of hydrogen-bond acceptors (Lipinski definition) is 7. The molecule has 0 bridgehead atoms. The highest BCUT2D eigenvalue weighted by molar-refractivity contribution is 7.99. The smallest absolute Gasteiger partial charge is 0.224 e. The standard InChI is InChI=1S/C66H90N4O4S2/c1-45(2)69-47(5)65(7,8)53-41-51(55(43-57(53)69)67-59(71)37-29-19-15-11-13-17-21-31-39-75-49-33-25-23-26-34-49)61-63(73)62(64(61)74)52-42-54-58(70(46(3)4)48(6)66(54,9)10)44-56(52)68-60(72)38-30-20-16-12-14-18-22-32-40-76-50-35-27-24-28-36-50/h23-28,33-36,41-48H,11-22,29-32,37-40H2,1-10H3,(H2,67,68,71,72,73,74). The van der Waals surface area contributed by atoms with Gasteiger partial charge >= 0.3 is 0 Å². The largest absolute Gasteiger partial charge is 0.871 e. The number of nitrogens with zero attached hydrogens (tertiary/aromatic N) is 2.